The average Bonchev–Trinajstić information content (AvgIpc) is 3.31. The van der Waals surface area contributed by atoms with Crippen LogP contribution in [0.1, 0.15) is 76.0 Å². The number of ether oxygens (including phenoxy) is 1. The lowest BCUT2D eigenvalue weighted by Gasteiger charge is -2.29. The van der Waals surface area contributed by atoms with E-state index in [0.717, 1.165) is 38.5 Å². The molecule has 1 aromatic rings. The largest absolute Gasteiger partial charge is 0.467 e. The molecule has 0 radical (unpaired) electrons. The number of hydrogen-bond acceptors (Lipinski definition) is 5. The first kappa shape index (κ1) is 18.7. The van der Waals surface area contributed by atoms with Crippen molar-refractivity contribution in [1.29, 1.82) is 0 Å². The van der Waals surface area contributed by atoms with Gasteiger partial charge in [-0.15, -0.1) is 0 Å². The predicted octanol–water partition coefficient (Wildman–Crippen LogP) is 2.39. The number of methoxy groups -OCH3 is 1. The lowest BCUT2D eigenvalue weighted by atomic mass is 9.94. The van der Waals surface area contributed by atoms with Crippen molar-refractivity contribution in [2.24, 2.45) is 0 Å². The summed E-state index contributed by atoms with van der Waals surface area (Å²) in [6.45, 7) is 0.469. The zero-order valence-corrected chi connectivity index (χ0v) is 16.0. The van der Waals surface area contributed by atoms with E-state index in [2.05, 4.69) is 0 Å². The highest BCUT2D eigenvalue weighted by Crippen LogP contribution is 2.32. The highest BCUT2D eigenvalue weighted by atomic mass is 16.5. The van der Waals surface area contributed by atoms with Gasteiger partial charge < -0.3 is 9.64 Å². The summed E-state index contributed by atoms with van der Waals surface area (Å²) in [4.78, 5) is 53.5. The van der Waals surface area contributed by atoms with Crippen molar-refractivity contribution in [1.82, 2.24) is 9.80 Å². The summed E-state index contributed by atoms with van der Waals surface area (Å²) in [5.74, 6) is -1.32. The van der Waals surface area contributed by atoms with Crippen LogP contribution < -0.4 is 0 Å². The van der Waals surface area contributed by atoms with E-state index in [0.29, 0.717) is 24.1 Å². The monoisotopic (exact) mass is 384 g/mol. The molecule has 1 aromatic carbocycles. The van der Waals surface area contributed by atoms with Crippen molar-refractivity contribution in [3.63, 3.8) is 0 Å². The first-order chi connectivity index (χ1) is 13.5. The quantitative estimate of drug-likeness (QED) is 0.590. The fourth-order valence-electron chi connectivity index (χ4n) is 4.62. The van der Waals surface area contributed by atoms with Gasteiger partial charge in [0.2, 0.25) is 0 Å². The Labute approximate surface area is 163 Å². The zero-order chi connectivity index (χ0) is 19.8. The molecule has 3 aliphatic rings. The number of hydrogen-bond donors (Lipinski definition) is 0. The number of benzene rings is 1. The molecule has 7 nitrogen and oxygen atoms in total. The maximum Gasteiger partial charge on any atom is 0.328 e. The summed E-state index contributed by atoms with van der Waals surface area (Å²) in [5, 5.41) is 0. The topological polar surface area (TPSA) is 84.0 Å². The van der Waals surface area contributed by atoms with Crippen LogP contribution in [0.2, 0.25) is 0 Å². The molecule has 3 amide bonds. The number of esters is 1. The molecule has 0 aromatic heterocycles. The van der Waals surface area contributed by atoms with Crippen molar-refractivity contribution in [2.45, 2.75) is 57.0 Å². The summed E-state index contributed by atoms with van der Waals surface area (Å²) < 4.78 is 4.80. The van der Waals surface area contributed by atoms with E-state index in [4.69, 9.17) is 4.74 Å². The van der Waals surface area contributed by atoms with Crippen LogP contribution in [-0.4, -0.2) is 59.2 Å². The molecule has 148 valence electrons. The van der Waals surface area contributed by atoms with Gasteiger partial charge in [-0.1, -0.05) is 19.3 Å². The lowest BCUT2D eigenvalue weighted by molar-refractivity contribution is -0.145. The molecule has 2 aliphatic heterocycles. The summed E-state index contributed by atoms with van der Waals surface area (Å²) in [5.41, 5.74) is 0.967. The third kappa shape index (κ3) is 2.99. The molecule has 0 spiro atoms. The van der Waals surface area contributed by atoms with Crippen molar-refractivity contribution in [3.05, 3.63) is 34.9 Å². The standard InChI is InChI=1S/C21H24N2O5/c1-28-21(27)17-8-5-11-22(17)18(24)13-9-10-15-16(12-13)20(26)23(19(15)25)14-6-3-2-4-7-14/h9-10,12,14,17H,2-8,11H2,1H3. The van der Waals surface area contributed by atoms with Gasteiger partial charge in [0.15, 0.2) is 0 Å². The Hall–Kier alpha value is -2.70. The van der Waals surface area contributed by atoms with E-state index in [9.17, 15) is 19.2 Å². The first-order valence-electron chi connectivity index (χ1n) is 9.93. The van der Waals surface area contributed by atoms with E-state index in [1.165, 1.54) is 23.0 Å². The van der Waals surface area contributed by atoms with E-state index < -0.39 is 12.0 Å². The molecular formula is C21H24N2O5. The van der Waals surface area contributed by atoms with Crippen molar-refractivity contribution < 1.29 is 23.9 Å². The molecule has 28 heavy (non-hydrogen) atoms. The molecule has 1 unspecified atom stereocenters. The number of imide groups is 1. The van der Waals surface area contributed by atoms with Gasteiger partial charge in [0.05, 0.1) is 18.2 Å². The molecule has 2 fully saturated rings. The van der Waals surface area contributed by atoms with Crippen molar-refractivity contribution in [3.8, 4) is 0 Å². The van der Waals surface area contributed by atoms with Gasteiger partial charge in [0.25, 0.3) is 17.7 Å². The van der Waals surface area contributed by atoms with Crippen LogP contribution in [0.25, 0.3) is 0 Å². The fourth-order valence-corrected chi connectivity index (χ4v) is 4.62. The number of carbonyl (C=O) groups excluding carboxylic acids is 4. The summed E-state index contributed by atoms with van der Waals surface area (Å²) >= 11 is 0. The van der Waals surface area contributed by atoms with Crippen LogP contribution in [0.3, 0.4) is 0 Å². The predicted molar refractivity (Wildman–Crippen MR) is 99.9 cm³/mol. The minimum Gasteiger partial charge on any atom is -0.467 e. The Morgan fingerprint density at radius 3 is 2.39 bits per heavy atom. The van der Waals surface area contributed by atoms with Gasteiger partial charge in [-0.2, -0.15) is 0 Å². The van der Waals surface area contributed by atoms with E-state index in [-0.39, 0.29) is 29.3 Å². The van der Waals surface area contributed by atoms with Gasteiger partial charge in [-0.05, 0) is 43.9 Å². The molecule has 0 bridgehead atoms. The minimum absolute atomic E-state index is 0.0532. The van der Waals surface area contributed by atoms with Gasteiger partial charge in [0.1, 0.15) is 6.04 Å². The summed E-state index contributed by atoms with van der Waals surface area (Å²) in [6, 6.07) is 4.00. The lowest BCUT2D eigenvalue weighted by Crippen LogP contribution is -2.41. The van der Waals surface area contributed by atoms with E-state index >= 15 is 0 Å². The average molecular weight is 384 g/mol. The highest BCUT2D eigenvalue weighted by Gasteiger charge is 2.41. The van der Waals surface area contributed by atoms with Crippen molar-refractivity contribution in [2.75, 3.05) is 13.7 Å². The molecule has 1 saturated heterocycles. The summed E-state index contributed by atoms with van der Waals surface area (Å²) in [6.07, 6.45) is 6.14. The fraction of sp³-hybridized carbons (Fsp3) is 0.524. The normalized spacial score (nSPS) is 22.5. The third-order valence-corrected chi connectivity index (χ3v) is 6.09. The van der Waals surface area contributed by atoms with Crippen LogP contribution in [0.5, 0.6) is 0 Å². The molecule has 1 atom stereocenters. The van der Waals surface area contributed by atoms with E-state index in [1.807, 2.05) is 0 Å². The van der Waals surface area contributed by atoms with Crippen molar-refractivity contribution >= 4 is 23.7 Å². The number of amides is 3. The molecule has 2 heterocycles. The van der Waals surface area contributed by atoms with E-state index in [1.54, 1.807) is 12.1 Å². The Bertz CT molecular complexity index is 843. The molecule has 7 heteroatoms. The molecule has 1 saturated carbocycles. The van der Waals surface area contributed by atoms with Gasteiger partial charge in [-0.3, -0.25) is 19.3 Å². The second kappa shape index (κ2) is 7.37. The first-order valence-corrected chi connectivity index (χ1v) is 9.93. The second-order valence-electron chi connectivity index (χ2n) is 7.71. The summed E-state index contributed by atoms with van der Waals surface area (Å²) in [7, 11) is 1.31. The maximum atomic E-state index is 13.0. The van der Waals surface area contributed by atoms with Crippen LogP contribution in [0.4, 0.5) is 0 Å². The highest BCUT2D eigenvalue weighted by molar-refractivity contribution is 6.22. The molecule has 1 aliphatic carbocycles. The van der Waals surface area contributed by atoms with Crippen LogP contribution in [-0.2, 0) is 9.53 Å². The molecule has 0 N–H and O–H groups in total. The number of rotatable bonds is 3. The maximum absolute atomic E-state index is 13.0. The Morgan fingerprint density at radius 1 is 0.964 bits per heavy atom. The Balaban J connectivity index is 1.59. The number of carbonyl (C=O) groups is 4. The number of likely N-dealkylation sites (tertiary alicyclic amines) is 1. The third-order valence-electron chi connectivity index (χ3n) is 6.09. The zero-order valence-electron chi connectivity index (χ0n) is 16.0. The number of fused-ring (bicyclic) bond motifs is 1. The smallest absolute Gasteiger partial charge is 0.328 e. The molecule has 4 rings (SSSR count). The van der Waals surface area contributed by atoms with Gasteiger partial charge in [0, 0.05) is 18.2 Å². The van der Waals surface area contributed by atoms with Crippen LogP contribution in [0, 0.1) is 0 Å². The second-order valence-corrected chi connectivity index (χ2v) is 7.71. The van der Waals surface area contributed by atoms with Crippen LogP contribution >= 0.6 is 0 Å². The van der Waals surface area contributed by atoms with Gasteiger partial charge >= 0.3 is 5.97 Å². The minimum atomic E-state index is -0.596. The van der Waals surface area contributed by atoms with Gasteiger partial charge in [-0.25, -0.2) is 4.79 Å². The van der Waals surface area contributed by atoms with Crippen LogP contribution in [0.15, 0.2) is 18.2 Å². The Kier molecular flexibility index (Phi) is 4.91. The number of nitrogens with zero attached hydrogens (tertiary/aromatic N) is 2. The Morgan fingerprint density at radius 2 is 1.68 bits per heavy atom. The SMILES string of the molecule is COC(=O)C1CCCN1C(=O)c1ccc2c(c1)C(=O)N(C1CCCCC1)C2=O. The molecular weight excluding hydrogens is 360 g/mol.